The van der Waals surface area contributed by atoms with Crippen LogP contribution < -0.4 is 4.72 Å². The third kappa shape index (κ3) is 1.85. The highest BCUT2D eigenvalue weighted by molar-refractivity contribution is 7.90. The minimum atomic E-state index is -5.41. The van der Waals surface area contributed by atoms with Crippen LogP contribution >= 0.6 is 0 Å². The van der Waals surface area contributed by atoms with Gasteiger partial charge in [-0.25, -0.2) is 0 Å². The highest BCUT2D eigenvalue weighted by Gasteiger charge is 2.46. The molecule has 0 heterocycles. The highest BCUT2D eigenvalue weighted by atomic mass is 32.2. The molecule has 0 saturated carbocycles. The molecule has 2 aromatic carbocycles. The minimum Gasteiger partial charge on any atom is -0.275 e. The molecule has 0 saturated heterocycles. The molecule has 0 fully saturated rings. The van der Waals surface area contributed by atoms with E-state index in [-0.39, 0.29) is 5.70 Å². The number of halogens is 3. The zero-order valence-corrected chi connectivity index (χ0v) is 10.7. The average molecular weight is 299 g/mol. The summed E-state index contributed by atoms with van der Waals surface area (Å²) in [6.07, 6.45) is 1.40. The van der Waals surface area contributed by atoms with E-state index in [1.165, 1.54) is 6.08 Å². The summed E-state index contributed by atoms with van der Waals surface area (Å²) in [5.41, 5.74) is -4.26. The first-order chi connectivity index (χ1) is 9.29. The van der Waals surface area contributed by atoms with Crippen LogP contribution in [0.4, 0.5) is 13.2 Å². The average Bonchev–Trinajstić information content (AvgIpc) is 2.68. The molecule has 0 spiro atoms. The van der Waals surface area contributed by atoms with E-state index in [2.05, 4.69) is 0 Å². The second-order valence-corrected chi connectivity index (χ2v) is 6.03. The Kier molecular flexibility index (Phi) is 2.59. The number of sulfonamides is 1. The molecule has 1 aliphatic rings. The summed E-state index contributed by atoms with van der Waals surface area (Å²) in [4.78, 5) is 0. The molecule has 7 heteroatoms. The molecule has 104 valence electrons. The lowest BCUT2D eigenvalue weighted by atomic mass is 10.0. The van der Waals surface area contributed by atoms with Crippen LogP contribution in [0.25, 0.3) is 22.5 Å². The van der Waals surface area contributed by atoms with Gasteiger partial charge in [0.25, 0.3) is 0 Å². The van der Waals surface area contributed by atoms with Gasteiger partial charge in [-0.3, -0.25) is 4.72 Å². The highest BCUT2D eigenvalue weighted by Crippen LogP contribution is 2.36. The monoisotopic (exact) mass is 299 g/mol. The maximum atomic E-state index is 12.4. The fraction of sp³-hybridized carbons (Fsp3) is 0.0769. The molecule has 1 aliphatic carbocycles. The maximum absolute atomic E-state index is 12.4. The number of benzene rings is 2. The van der Waals surface area contributed by atoms with Crippen LogP contribution in [0, 0.1) is 0 Å². The molecule has 1 N–H and O–H groups in total. The van der Waals surface area contributed by atoms with Crippen molar-refractivity contribution in [3.63, 3.8) is 0 Å². The van der Waals surface area contributed by atoms with Crippen molar-refractivity contribution < 1.29 is 21.6 Å². The van der Waals surface area contributed by atoms with Crippen molar-refractivity contribution in [2.75, 3.05) is 0 Å². The standard InChI is InChI=1S/C13H8F3NO2S/c14-13(15,16)20(18,19)17-11-7-9-5-1-3-8-4-2-6-10(11)12(8)9/h1-7,17H. The van der Waals surface area contributed by atoms with Crippen LogP contribution in [-0.2, 0) is 10.0 Å². The van der Waals surface area contributed by atoms with Crippen molar-refractivity contribution in [3.8, 4) is 0 Å². The van der Waals surface area contributed by atoms with Crippen molar-refractivity contribution in [1.82, 2.24) is 4.72 Å². The normalized spacial score (nSPS) is 14.4. The maximum Gasteiger partial charge on any atom is 0.516 e. The first-order valence-corrected chi connectivity index (χ1v) is 7.11. The summed E-state index contributed by atoms with van der Waals surface area (Å²) < 4.78 is 61.3. The van der Waals surface area contributed by atoms with Crippen molar-refractivity contribution in [3.05, 3.63) is 47.5 Å². The molecule has 0 bridgehead atoms. The largest absolute Gasteiger partial charge is 0.516 e. The molecule has 0 amide bonds. The molecule has 3 nitrogen and oxygen atoms in total. The van der Waals surface area contributed by atoms with Gasteiger partial charge in [0.2, 0.25) is 0 Å². The predicted octanol–water partition coefficient (Wildman–Crippen LogP) is 3.09. The fourth-order valence-corrected chi connectivity index (χ4v) is 2.81. The Morgan fingerprint density at radius 3 is 2.30 bits per heavy atom. The SMILES string of the molecule is O=S(=O)(NC1=Cc2cccc3cccc1c23)C(F)(F)F. The van der Waals surface area contributed by atoms with Crippen molar-refractivity contribution in [2.45, 2.75) is 5.51 Å². The molecule has 0 atom stereocenters. The van der Waals surface area contributed by atoms with Gasteiger partial charge in [0.05, 0.1) is 5.70 Å². The van der Waals surface area contributed by atoms with Gasteiger partial charge in [0.15, 0.2) is 0 Å². The lowest BCUT2D eigenvalue weighted by Gasteiger charge is -2.12. The molecule has 20 heavy (non-hydrogen) atoms. The number of hydrogen-bond donors (Lipinski definition) is 1. The smallest absolute Gasteiger partial charge is 0.275 e. The molecule has 2 aromatic rings. The Balaban J connectivity index is 2.11. The lowest BCUT2D eigenvalue weighted by molar-refractivity contribution is -0.0443. The summed E-state index contributed by atoms with van der Waals surface area (Å²) in [6, 6.07) is 10.4. The van der Waals surface area contributed by atoms with E-state index in [9.17, 15) is 21.6 Å². The summed E-state index contributed by atoms with van der Waals surface area (Å²) in [5, 5.41) is 1.59. The van der Waals surface area contributed by atoms with E-state index in [1.807, 2.05) is 12.1 Å². The molecule has 0 aromatic heterocycles. The van der Waals surface area contributed by atoms with Crippen LogP contribution in [0.2, 0.25) is 0 Å². The summed E-state index contributed by atoms with van der Waals surface area (Å²) >= 11 is 0. The third-order valence-electron chi connectivity index (χ3n) is 3.08. The minimum absolute atomic E-state index is 0.0610. The Labute approximate surface area is 112 Å². The van der Waals surface area contributed by atoms with Crippen LogP contribution in [0.3, 0.4) is 0 Å². The van der Waals surface area contributed by atoms with Crippen LogP contribution in [0.15, 0.2) is 36.4 Å². The summed E-state index contributed by atoms with van der Waals surface area (Å²) in [6.45, 7) is 0. The van der Waals surface area contributed by atoms with Gasteiger partial charge in [-0.15, -0.1) is 0 Å². The van der Waals surface area contributed by atoms with Gasteiger partial charge in [-0.2, -0.15) is 21.6 Å². The molecular weight excluding hydrogens is 291 g/mol. The zero-order valence-electron chi connectivity index (χ0n) is 9.90. The third-order valence-corrected chi connectivity index (χ3v) is 4.17. The molecule has 0 aliphatic heterocycles. The van der Waals surface area contributed by atoms with E-state index in [0.29, 0.717) is 11.1 Å². The van der Waals surface area contributed by atoms with Crippen molar-refractivity contribution in [1.29, 1.82) is 0 Å². The van der Waals surface area contributed by atoms with Crippen LogP contribution in [-0.4, -0.2) is 13.9 Å². The van der Waals surface area contributed by atoms with E-state index in [1.54, 1.807) is 29.0 Å². The van der Waals surface area contributed by atoms with Gasteiger partial charge >= 0.3 is 15.5 Å². The molecule has 0 radical (unpaired) electrons. The van der Waals surface area contributed by atoms with Gasteiger partial charge in [0.1, 0.15) is 0 Å². The molecular formula is C13H8F3NO2S. The van der Waals surface area contributed by atoms with Crippen LogP contribution in [0.5, 0.6) is 0 Å². The van der Waals surface area contributed by atoms with Crippen LogP contribution in [0.1, 0.15) is 11.1 Å². The van der Waals surface area contributed by atoms with Gasteiger partial charge in [-0.1, -0.05) is 36.4 Å². The van der Waals surface area contributed by atoms with E-state index in [4.69, 9.17) is 0 Å². The lowest BCUT2D eigenvalue weighted by Crippen LogP contribution is -2.35. The molecule has 3 rings (SSSR count). The van der Waals surface area contributed by atoms with Gasteiger partial charge < -0.3 is 0 Å². The Bertz CT molecular complexity index is 833. The van der Waals surface area contributed by atoms with Gasteiger partial charge in [-0.05, 0) is 22.4 Å². The second kappa shape index (κ2) is 3.99. The molecule has 0 unspecified atom stereocenters. The second-order valence-electron chi connectivity index (χ2n) is 4.36. The van der Waals surface area contributed by atoms with Crippen molar-refractivity contribution in [2.24, 2.45) is 0 Å². The Morgan fingerprint density at radius 1 is 1.00 bits per heavy atom. The first-order valence-electron chi connectivity index (χ1n) is 5.62. The number of rotatable bonds is 2. The summed E-state index contributed by atoms with van der Waals surface area (Å²) in [7, 11) is -5.41. The Morgan fingerprint density at radius 2 is 1.65 bits per heavy atom. The topological polar surface area (TPSA) is 46.2 Å². The number of alkyl halides is 3. The zero-order chi connectivity index (χ0) is 14.5. The number of hydrogen-bond acceptors (Lipinski definition) is 2. The summed E-state index contributed by atoms with van der Waals surface area (Å²) in [5.74, 6) is 0. The van der Waals surface area contributed by atoms with Crippen molar-refractivity contribution >= 4 is 32.6 Å². The quantitative estimate of drug-likeness (QED) is 0.926. The van der Waals surface area contributed by atoms with E-state index < -0.39 is 15.5 Å². The van der Waals surface area contributed by atoms with E-state index >= 15 is 0 Å². The predicted molar refractivity (Wildman–Crippen MR) is 69.9 cm³/mol. The van der Waals surface area contributed by atoms with E-state index in [0.717, 1.165) is 10.8 Å². The first kappa shape index (κ1) is 13.0. The Hall–Kier alpha value is -2.02. The number of nitrogens with one attached hydrogen (secondary N) is 1. The fourth-order valence-electron chi connectivity index (χ4n) is 2.24. The van der Waals surface area contributed by atoms with Gasteiger partial charge in [0, 0.05) is 5.56 Å².